The van der Waals surface area contributed by atoms with Gasteiger partial charge in [-0.2, -0.15) is 10.1 Å². The molecule has 0 radical (unpaired) electrons. The molecule has 0 saturated heterocycles. The van der Waals surface area contributed by atoms with E-state index in [-0.39, 0.29) is 12.4 Å². The number of hydrogen-bond donors (Lipinski definition) is 1. The fraction of sp³-hybridized carbons (Fsp3) is 0.286. The molecule has 0 amide bonds. The van der Waals surface area contributed by atoms with Crippen LogP contribution in [-0.2, 0) is 13.7 Å². The molecule has 1 N–H and O–H groups in total. The number of aliphatic hydroxyl groups excluding tert-OH is 1. The summed E-state index contributed by atoms with van der Waals surface area (Å²) in [6, 6.07) is 0. The van der Waals surface area contributed by atoms with E-state index in [2.05, 4.69) is 31.2 Å². The highest BCUT2D eigenvalue weighted by atomic mass is 79.9. The van der Waals surface area contributed by atoms with Crippen molar-refractivity contribution in [2.45, 2.75) is 6.61 Å². The predicted molar refractivity (Wildman–Crippen MR) is 50.1 cm³/mol. The van der Waals surface area contributed by atoms with Gasteiger partial charge in [0.25, 0.3) is 5.89 Å². The fourth-order valence-corrected chi connectivity index (χ4v) is 1.56. The van der Waals surface area contributed by atoms with E-state index in [0.29, 0.717) is 11.6 Å². The molecule has 2 aromatic heterocycles. The third-order valence-corrected chi connectivity index (χ3v) is 2.18. The standard InChI is InChI=1S/C7H7BrN4O2/c1-12-2-4(8)6(10-12)7-9-5(3-13)11-14-7/h2,13H,3H2,1H3. The van der Waals surface area contributed by atoms with E-state index in [9.17, 15) is 0 Å². The van der Waals surface area contributed by atoms with Crippen LogP contribution in [0, 0.1) is 0 Å². The maximum absolute atomic E-state index is 8.75. The van der Waals surface area contributed by atoms with Crippen LogP contribution in [0.1, 0.15) is 5.82 Å². The average Bonchev–Trinajstić information content (AvgIpc) is 2.71. The summed E-state index contributed by atoms with van der Waals surface area (Å²) in [5.41, 5.74) is 0.569. The molecule has 0 aliphatic carbocycles. The van der Waals surface area contributed by atoms with Crippen LogP contribution in [-0.4, -0.2) is 25.0 Å². The van der Waals surface area contributed by atoms with Crippen molar-refractivity contribution in [2.75, 3.05) is 0 Å². The van der Waals surface area contributed by atoms with Gasteiger partial charge in [-0.25, -0.2) is 0 Å². The van der Waals surface area contributed by atoms with Crippen LogP contribution in [0.2, 0.25) is 0 Å². The molecule has 2 rings (SSSR count). The van der Waals surface area contributed by atoms with E-state index in [0.717, 1.165) is 4.47 Å². The zero-order chi connectivity index (χ0) is 10.1. The summed E-state index contributed by atoms with van der Waals surface area (Å²) < 4.78 is 7.31. The predicted octanol–water partition coefficient (Wildman–Crippen LogP) is 0.725. The van der Waals surface area contributed by atoms with Crippen LogP contribution in [0.15, 0.2) is 15.2 Å². The Morgan fingerprint density at radius 1 is 1.64 bits per heavy atom. The highest BCUT2D eigenvalue weighted by Crippen LogP contribution is 2.24. The SMILES string of the molecule is Cn1cc(Br)c(-c2nc(CO)no2)n1. The summed E-state index contributed by atoms with van der Waals surface area (Å²) in [5, 5.41) is 16.4. The molecule has 0 spiro atoms. The first-order chi connectivity index (χ1) is 6.70. The monoisotopic (exact) mass is 258 g/mol. The van der Waals surface area contributed by atoms with E-state index >= 15 is 0 Å². The minimum Gasteiger partial charge on any atom is -0.388 e. The van der Waals surface area contributed by atoms with Crippen LogP contribution >= 0.6 is 15.9 Å². The van der Waals surface area contributed by atoms with Gasteiger partial charge in [0.2, 0.25) is 0 Å². The molecule has 0 aliphatic heterocycles. The normalized spacial score (nSPS) is 10.8. The van der Waals surface area contributed by atoms with Crippen molar-refractivity contribution in [1.29, 1.82) is 0 Å². The lowest BCUT2D eigenvalue weighted by Gasteiger charge is -1.85. The molecule has 0 saturated carbocycles. The summed E-state index contributed by atoms with van der Waals surface area (Å²) in [5.74, 6) is 0.541. The molecule has 2 aromatic rings. The molecule has 0 fully saturated rings. The van der Waals surface area contributed by atoms with Gasteiger partial charge >= 0.3 is 0 Å². The van der Waals surface area contributed by atoms with Crippen LogP contribution in [0.5, 0.6) is 0 Å². The third kappa shape index (κ3) is 1.55. The number of rotatable bonds is 2. The van der Waals surface area contributed by atoms with Gasteiger partial charge in [0, 0.05) is 13.2 Å². The Bertz CT molecular complexity index is 450. The molecular weight excluding hydrogens is 252 g/mol. The molecular formula is C7H7BrN4O2. The van der Waals surface area contributed by atoms with Gasteiger partial charge in [0.05, 0.1) is 4.47 Å². The maximum atomic E-state index is 8.75. The number of aryl methyl sites for hydroxylation is 1. The lowest BCUT2D eigenvalue weighted by Crippen LogP contribution is -1.88. The van der Waals surface area contributed by atoms with Crippen LogP contribution in [0.4, 0.5) is 0 Å². The van der Waals surface area contributed by atoms with E-state index in [1.807, 2.05) is 0 Å². The van der Waals surface area contributed by atoms with Gasteiger partial charge in [-0.3, -0.25) is 4.68 Å². The highest BCUT2D eigenvalue weighted by Gasteiger charge is 2.14. The number of aromatic nitrogens is 4. The summed E-state index contributed by atoms with van der Waals surface area (Å²) in [4.78, 5) is 3.94. The summed E-state index contributed by atoms with van der Waals surface area (Å²) in [7, 11) is 1.79. The molecule has 6 nitrogen and oxygen atoms in total. The second-order valence-electron chi connectivity index (χ2n) is 2.67. The topological polar surface area (TPSA) is 77.0 Å². The van der Waals surface area contributed by atoms with E-state index in [4.69, 9.17) is 9.63 Å². The average molecular weight is 259 g/mol. The number of aliphatic hydroxyl groups is 1. The van der Waals surface area contributed by atoms with Crippen LogP contribution < -0.4 is 0 Å². The van der Waals surface area contributed by atoms with E-state index in [1.165, 1.54) is 0 Å². The maximum Gasteiger partial charge on any atom is 0.279 e. The fourth-order valence-electron chi connectivity index (χ4n) is 1.02. The Balaban J connectivity index is 2.43. The zero-order valence-electron chi connectivity index (χ0n) is 7.31. The minimum absolute atomic E-state index is 0.242. The van der Waals surface area contributed by atoms with Crippen molar-refractivity contribution in [3.05, 3.63) is 16.5 Å². The van der Waals surface area contributed by atoms with Crippen molar-refractivity contribution in [3.8, 4) is 11.6 Å². The van der Waals surface area contributed by atoms with Crippen molar-refractivity contribution >= 4 is 15.9 Å². The van der Waals surface area contributed by atoms with Gasteiger partial charge in [-0.15, -0.1) is 0 Å². The van der Waals surface area contributed by atoms with E-state index in [1.54, 1.807) is 17.9 Å². The number of nitrogens with zero attached hydrogens (tertiary/aromatic N) is 4. The van der Waals surface area contributed by atoms with Gasteiger partial charge < -0.3 is 9.63 Å². The van der Waals surface area contributed by atoms with Crippen molar-refractivity contribution in [1.82, 2.24) is 19.9 Å². The summed E-state index contributed by atoms with van der Waals surface area (Å²) >= 11 is 3.31. The second kappa shape index (κ2) is 3.50. The Labute approximate surface area is 87.7 Å². The third-order valence-electron chi connectivity index (χ3n) is 1.60. The Morgan fingerprint density at radius 3 is 2.93 bits per heavy atom. The van der Waals surface area contributed by atoms with Crippen molar-refractivity contribution < 1.29 is 9.63 Å². The molecule has 14 heavy (non-hydrogen) atoms. The Morgan fingerprint density at radius 2 is 2.43 bits per heavy atom. The Hall–Kier alpha value is -1.21. The number of hydrogen-bond acceptors (Lipinski definition) is 5. The largest absolute Gasteiger partial charge is 0.388 e. The van der Waals surface area contributed by atoms with Gasteiger partial charge in [-0.05, 0) is 15.9 Å². The molecule has 2 heterocycles. The van der Waals surface area contributed by atoms with Crippen molar-refractivity contribution in [2.24, 2.45) is 7.05 Å². The second-order valence-corrected chi connectivity index (χ2v) is 3.53. The summed E-state index contributed by atoms with van der Waals surface area (Å²) in [6.45, 7) is -0.242. The lowest BCUT2D eigenvalue weighted by molar-refractivity contribution is 0.264. The quantitative estimate of drug-likeness (QED) is 0.860. The molecule has 0 aromatic carbocycles. The van der Waals surface area contributed by atoms with E-state index < -0.39 is 0 Å². The zero-order valence-corrected chi connectivity index (χ0v) is 8.89. The van der Waals surface area contributed by atoms with Gasteiger partial charge in [-0.1, -0.05) is 5.16 Å². The molecule has 0 unspecified atom stereocenters. The van der Waals surface area contributed by atoms with Gasteiger partial charge in [0.1, 0.15) is 6.61 Å². The number of halogens is 1. The highest BCUT2D eigenvalue weighted by molar-refractivity contribution is 9.10. The smallest absolute Gasteiger partial charge is 0.279 e. The molecule has 0 atom stereocenters. The van der Waals surface area contributed by atoms with Gasteiger partial charge in [0.15, 0.2) is 11.5 Å². The molecule has 0 bridgehead atoms. The Kier molecular flexibility index (Phi) is 2.34. The molecule has 0 aliphatic rings. The van der Waals surface area contributed by atoms with Crippen LogP contribution in [0.3, 0.4) is 0 Å². The first kappa shape index (κ1) is 9.35. The first-order valence-corrected chi connectivity index (χ1v) is 4.63. The minimum atomic E-state index is -0.242. The molecule has 7 heteroatoms. The first-order valence-electron chi connectivity index (χ1n) is 3.83. The molecule has 74 valence electrons. The van der Waals surface area contributed by atoms with Crippen molar-refractivity contribution in [3.63, 3.8) is 0 Å². The summed E-state index contributed by atoms with van der Waals surface area (Å²) in [6.07, 6.45) is 1.78. The van der Waals surface area contributed by atoms with Crippen LogP contribution in [0.25, 0.3) is 11.6 Å². The lowest BCUT2D eigenvalue weighted by atomic mass is 10.4.